The number of nitrogens with zero attached hydrogens (tertiary/aromatic N) is 1. The van der Waals surface area contributed by atoms with Gasteiger partial charge >= 0.3 is 5.97 Å². The largest absolute Gasteiger partial charge is 0.461 e. The molecule has 0 saturated carbocycles. The molecule has 50 heavy (non-hydrogen) atoms. The van der Waals surface area contributed by atoms with Crippen LogP contribution in [0.1, 0.15) is 28.9 Å². The van der Waals surface area contributed by atoms with Crippen molar-refractivity contribution >= 4 is 38.6 Å². The minimum atomic E-state index is -3.85. The van der Waals surface area contributed by atoms with Crippen molar-refractivity contribution in [2.24, 2.45) is 0 Å². The summed E-state index contributed by atoms with van der Waals surface area (Å²) in [6.45, 7) is 2.40. The van der Waals surface area contributed by atoms with Gasteiger partial charge in [0.1, 0.15) is 48.0 Å². The summed E-state index contributed by atoms with van der Waals surface area (Å²) in [6, 6.07) is 15.7. The molecule has 0 bridgehead atoms. The van der Waals surface area contributed by atoms with Gasteiger partial charge in [0.2, 0.25) is 10.0 Å². The summed E-state index contributed by atoms with van der Waals surface area (Å²) in [6.07, 6.45) is -0.407. The molecule has 0 radical (unpaired) electrons. The van der Waals surface area contributed by atoms with Crippen molar-refractivity contribution in [1.82, 2.24) is 5.32 Å². The van der Waals surface area contributed by atoms with Crippen LogP contribution >= 0.6 is 0 Å². The number of ether oxygens (including phenoxy) is 6. The molecule has 0 spiro atoms. The van der Waals surface area contributed by atoms with Crippen LogP contribution in [-0.2, 0) is 38.5 Å². The second-order valence-electron chi connectivity index (χ2n) is 11.4. The Hall–Kier alpha value is -4.54. The van der Waals surface area contributed by atoms with Crippen molar-refractivity contribution in [3.63, 3.8) is 0 Å². The fraction of sp³-hybridized carbons (Fsp3) is 0.371. The number of carbonyl (C=O) groups is 2. The number of carbonyl (C=O) groups excluding carboxylic acids is 2. The van der Waals surface area contributed by atoms with Crippen LogP contribution < -0.4 is 14.4 Å². The van der Waals surface area contributed by atoms with E-state index in [4.69, 9.17) is 32.8 Å². The Bertz CT molecular complexity index is 1900. The number of hydrogen-bond donors (Lipinski definition) is 1. The van der Waals surface area contributed by atoms with Gasteiger partial charge in [0.15, 0.2) is 0 Å². The van der Waals surface area contributed by atoms with E-state index in [2.05, 4.69) is 5.32 Å². The van der Waals surface area contributed by atoms with E-state index in [0.717, 1.165) is 6.26 Å². The van der Waals surface area contributed by atoms with E-state index in [1.54, 1.807) is 50.4 Å². The molecule has 1 aromatic heterocycles. The van der Waals surface area contributed by atoms with Gasteiger partial charge in [-0.3, -0.25) is 9.10 Å². The number of sulfonamides is 1. The zero-order valence-electron chi connectivity index (χ0n) is 28.1. The number of nitrogens with one attached hydrogen (secondary N) is 1. The summed E-state index contributed by atoms with van der Waals surface area (Å²) in [7, 11) is -0.787. The van der Waals surface area contributed by atoms with Crippen LogP contribution in [-0.4, -0.2) is 93.0 Å². The van der Waals surface area contributed by atoms with E-state index in [1.165, 1.54) is 35.6 Å². The summed E-state index contributed by atoms with van der Waals surface area (Å²) in [4.78, 5) is 25.6. The summed E-state index contributed by atoms with van der Waals surface area (Å²) in [5.41, 5.74) is 1.89. The molecular formula is C35H39FN2O11S. The maximum absolute atomic E-state index is 13.3. The highest BCUT2D eigenvalue weighted by Crippen LogP contribution is 2.42. The first-order valence-corrected chi connectivity index (χ1v) is 17.6. The summed E-state index contributed by atoms with van der Waals surface area (Å²) < 4.78 is 79.8. The maximum atomic E-state index is 13.3. The molecular weight excluding hydrogens is 675 g/mol. The number of hydrogen-bond acceptors (Lipinski definition) is 11. The Balaban J connectivity index is 1.37. The zero-order valence-corrected chi connectivity index (χ0v) is 28.9. The first-order chi connectivity index (χ1) is 24.0. The Morgan fingerprint density at radius 3 is 2.30 bits per heavy atom. The summed E-state index contributed by atoms with van der Waals surface area (Å²) >= 11 is 0. The van der Waals surface area contributed by atoms with Gasteiger partial charge in [-0.15, -0.1) is 0 Å². The SMILES string of the molecule is CNC(=O)c1c(-c2ccc(Oc3ccc(F)cc3)cc2)oc2cc3c(cc12)[C@H](C)O[C@H](COC(=O)COCCOCCOC)CN3S(C)(=O)=O. The summed E-state index contributed by atoms with van der Waals surface area (Å²) in [5, 5.41) is 3.10. The lowest BCUT2D eigenvalue weighted by Crippen LogP contribution is -2.39. The molecule has 0 saturated heterocycles. The number of fused-ring (bicyclic) bond motifs is 2. The molecule has 1 aliphatic heterocycles. The van der Waals surface area contributed by atoms with Gasteiger partial charge in [-0.2, -0.15) is 0 Å². The molecule has 0 aliphatic carbocycles. The van der Waals surface area contributed by atoms with Crippen LogP contribution in [0.25, 0.3) is 22.3 Å². The lowest BCUT2D eigenvalue weighted by Gasteiger charge is -2.24. The Kier molecular flexibility index (Phi) is 12.1. The van der Waals surface area contributed by atoms with Crippen molar-refractivity contribution in [2.45, 2.75) is 19.1 Å². The van der Waals surface area contributed by atoms with Crippen LogP contribution in [0.15, 0.2) is 65.1 Å². The first-order valence-electron chi connectivity index (χ1n) is 15.8. The molecule has 3 aromatic carbocycles. The van der Waals surface area contributed by atoms with Crippen LogP contribution in [0.4, 0.5) is 10.1 Å². The average molecular weight is 715 g/mol. The normalized spacial score (nSPS) is 16.1. The van der Waals surface area contributed by atoms with Gasteiger partial charge in [0, 0.05) is 36.7 Å². The van der Waals surface area contributed by atoms with Crippen LogP contribution in [0.2, 0.25) is 0 Å². The fourth-order valence-electron chi connectivity index (χ4n) is 5.40. The molecule has 1 N–H and O–H groups in total. The first kappa shape index (κ1) is 36.7. The van der Waals surface area contributed by atoms with Crippen LogP contribution in [0.5, 0.6) is 11.5 Å². The Morgan fingerprint density at radius 1 is 0.980 bits per heavy atom. The number of halogens is 1. The predicted molar refractivity (Wildman–Crippen MR) is 181 cm³/mol. The van der Waals surface area contributed by atoms with Gasteiger partial charge in [-0.1, -0.05) is 0 Å². The quantitative estimate of drug-likeness (QED) is 0.133. The number of anilines is 1. The van der Waals surface area contributed by atoms with Gasteiger partial charge in [-0.05, 0) is 61.5 Å². The smallest absolute Gasteiger partial charge is 0.332 e. The van der Waals surface area contributed by atoms with Crippen molar-refractivity contribution in [3.05, 3.63) is 77.6 Å². The third-order valence-electron chi connectivity index (χ3n) is 7.78. The second kappa shape index (κ2) is 16.4. The van der Waals surface area contributed by atoms with Crippen LogP contribution in [0.3, 0.4) is 0 Å². The van der Waals surface area contributed by atoms with E-state index in [9.17, 15) is 22.4 Å². The van der Waals surface area contributed by atoms with E-state index < -0.39 is 34.1 Å². The van der Waals surface area contributed by atoms with Gasteiger partial charge in [-0.25, -0.2) is 17.6 Å². The monoisotopic (exact) mass is 714 g/mol. The standard InChI is InChI=1S/C35H39FN2O11S/c1-22-28-17-29-31(49-34(33(29)35(40)37-2)23-5-9-25(10-6-23)48-26-11-7-24(36)8-12-26)18-30(28)38(50(4,41)42)19-27(47-22)20-46-32(39)21-45-16-15-44-14-13-43-3/h5-12,17-18,22,27H,13-16,19-21H2,1-4H3,(H,37,40)/t22-,27-/m0/s1. The molecule has 1 amide bonds. The highest BCUT2D eigenvalue weighted by atomic mass is 32.2. The van der Waals surface area contributed by atoms with Crippen molar-refractivity contribution < 1.29 is 55.2 Å². The number of furan rings is 1. The minimum absolute atomic E-state index is 0.144. The van der Waals surface area contributed by atoms with Gasteiger partial charge in [0.25, 0.3) is 5.91 Å². The average Bonchev–Trinajstić information content (AvgIpc) is 3.40. The van der Waals surface area contributed by atoms with Gasteiger partial charge in [0.05, 0.1) is 56.6 Å². The molecule has 2 heterocycles. The van der Waals surface area contributed by atoms with E-state index in [1.807, 2.05) is 0 Å². The number of rotatable bonds is 15. The van der Waals surface area contributed by atoms with Crippen molar-refractivity contribution in [3.8, 4) is 22.8 Å². The molecule has 268 valence electrons. The minimum Gasteiger partial charge on any atom is -0.461 e. The molecule has 1 aliphatic rings. The molecule has 2 atom stereocenters. The topological polar surface area (TPSA) is 152 Å². The lowest BCUT2D eigenvalue weighted by atomic mass is 10.0. The van der Waals surface area contributed by atoms with Crippen molar-refractivity contribution in [2.75, 3.05) is 70.9 Å². The second-order valence-corrected chi connectivity index (χ2v) is 13.3. The highest BCUT2D eigenvalue weighted by Gasteiger charge is 2.34. The number of amides is 1. The number of benzene rings is 3. The fourth-order valence-corrected chi connectivity index (χ4v) is 6.35. The Labute approximate surface area is 289 Å². The number of esters is 1. The molecule has 4 aromatic rings. The predicted octanol–water partition coefficient (Wildman–Crippen LogP) is 4.84. The third kappa shape index (κ3) is 8.97. The van der Waals surface area contributed by atoms with Crippen LogP contribution in [0, 0.1) is 5.82 Å². The van der Waals surface area contributed by atoms with E-state index in [-0.39, 0.29) is 55.7 Å². The molecule has 5 rings (SSSR count). The lowest BCUT2D eigenvalue weighted by molar-refractivity contribution is -0.154. The summed E-state index contributed by atoms with van der Waals surface area (Å²) in [5.74, 6) is -0.234. The van der Waals surface area contributed by atoms with Crippen molar-refractivity contribution in [1.29, 1.82) is 0 Å². The molecule has 0 unspecified atom stereocenters. The third-order valence-corrected chi connectivity index (χ3v) is 8.93. The number of methoxy groups -OCH3 is 1. The molecule has 15 heteroatoms. The molecule has 0 fully saturated rings. The van der Waals surface area contributed by atoms with E-state index >= 15 is 0 Å². The molecule has 13 nitrogen and oxygen atoms in total. The van der Waals surface area contributed by atoms with Gasteiger partial charge < -0.3 is 38.2 Å². The Morgan fingerprint density at radius 2 is 1.64 bits per heavy atom. The zero-order chi connectivity index (χ0) is 35.8. The van der Waals surface area contributed by atoms with E-state index in [0.29, 0.717) is 46.9 Å². The highest BCUT2D eigenvalue weighted by molar-refractivity contribution is 7.92. The maximum Gasteiger partial charge on any atom is 0.332 e.